The molecule has 0 aromatic carbocycles. The van der Waals surface area contributed by atoms with Crippen LogP contribution in [0.3, 0.4) is 0 Å². The fourth-order valence-electron chi connectivity index (χ4n) is 0.448. The molecule has 0 aliphatic carbocycles. The van der Waals surface area contributed by atoms with Crippen molar-refractivity contribution >= 4 is 17.5 Å². The van der Waals surface area contributed by atoms with Crippen molar-refractivity contribution in [2.24, 2.45) is 0 Å². The summed E-state index contributed by atoms with van der Waals surface area (Å²) in [7, 11) is 0. The van der Waals surface area contributed by atoms with Crippen LogP contribution in [0, 0.1) is 13.8 Å². The first-order valence-electron chi connectivity index (χ1n) is 2.72. The molecule has 0 bridgehead atoms. The largest absolute Gasteiger partial charge is 0.373 e. The quantitative estimate of drug-likeness (QED) is 0.573. The highest BCUT2D eigenvalue weighted by molar-refractivity contribution is 7.10. The molecule has 1 heterocycles. The minimum absolute atomic E-state index is 0.250. The number of thiophene rings is 1. The Labute approximate surface area is 63.5 Å². The number of carbonyl (C=O) groups excluding carboxylic acids is 2. The molecule has 54 valence electrons. The van der Waals surface area contributed by atoms with Crippen LogP contribution < -0.4 is 0 Å². The van der Waals surface area contributed by atoms with Crippen molar-refractivity contribution in [3.8, 4) is 0 Å². The molecule has 10 heavy (non-hydrogen) atoms. The van der Waals surface area contributed by atoms with Crippen molar-refractivity contribution in [3.05, 3.63) is 21.9 Å². The minimum Gasteiger partial charge on any atom is -0.186 e. The van der Waals surface area contributed by atoms with Gasteiger partial charge in [-0.05, 0) is 30.9 Å². The zero-order valence-electron chi connectivity index (χ0n) is 5.88. The third kappa shape index (κ3) is 3.17. The Morgan fingerprint density at radius 2 is 1.90 bits per heavy atom. The lowest BCUT2D eigenvalue weighted by molar-refractivity contribution is -0.191. The predicted octanol–water partition coefficient (Wildman–Crippen LogP) is 1.78. The lowest BCUT2D eigenvalue weighted by Crippen LogP contribution is -1.61. The van der Waals surface area contributed by atoms with Crippen LogP contribution in [-0.4, -0.2) is 6.15 Å². The number of hydrogen-bond donors (Lipinski definition) is 0. The molecule has 0 atom stereocenters. The molecule has 0 aliphatic rings. The monoisotopic (exact) mass is 156 g/mol. The fourth-order valence-corrected chi connectivity index (χ4v) is 1.18. The van der Waals surface area contributed by atoms with Crippen LogP contribution in [-0.2, 0) is 9.59 Å². The molecule has 1 rings (SSSR count). The predicted molar refractivity (Wildman–Crippen MR) is 38.8 cm³/mol. The molecule has 3 heteroatoms. The smallest absolute Gasteiger partial charge is 0.186 e. The Morgan fingerprint density at radius 1 is 1.40 bits per heavy atom. The summed E-state index contributed by atoms with van der Waals surface area (Å²) in [5.74, 6) is 0. The second-order valence-electron chi connectivity index (χ2n) is 1.74. The van der Waals surface area contributed by atoms with Crippen LogP contribution in [0.4, 0.5) is 0 Å². The summed E-state index contributed by atoms with van der Waals surface area (Å²) in [4.78, 5) is 17.7. The number of aryl methyl sites for hydroxylation is 2. The molecule has 0 saturated carbocycles. The van der Waals surface area contributed by atoms with Crippen LogP contribution in [0.15, 0.2) is 11.4 Å². The fraction of sp³-hybridized carbons (Fsp3) is 0.286. The van der Waals surface area contributed by atoms with Crippen LogP contribution >= 0.6 is 11.3 Å². The standard InChI is InChI=1S/C6H8S.CO2/c1-5-3-4-7-6(5)2;2-1-3/h3-4H,1-2H3;. The summed E-state index contributed by atoms with van der Waals surface area (Å²) in [5, 5.41) is 2.12. The first kappa shape index (κ1) is 9.08. The van der Waals surface area contributed by atoms with Crippen molar-refractivity contribution < 1.29 is 9.59 Å². The van der Waals surface area contributed by atoms with Gasteiger partial charge in [0, 0.05) is 4.88 Å². The maximum Gasteiger partial charge on any atom is 0.373 e. The average molecular weight is 156 g/mol. The van der Waals surface area contributed by atoms with E-state index in [9.17, 15) is 0 Å². The van der Waals surface area contributed by atoms with E-state index in [1.165, 1.54) is 10.4 Å². The van der Waals surface area contributed by atoms with Crippen molar-refractivity contribution in [3.63, 3.8) is 0 Å². The van der Waals surface area contributed by atoms with Gasteiger partial charge in [0.15, 0.2) is 0 Å². The number of hydrogen-bond acceptors (Lipinski definition) is 3. The Hall–Kier alpha value is -0.920. The Kier molecular flexibility index (Phi) is 4.46. The van der Waals surface area contributed by atoms with Gasteiger partial charge in [0.05, 0.1) is 0 Å². The zero-order valence-corrected chi connectivity index (χ0v) is 6.70. The van der Waals surface area contributed by atoms with Crippen LogP contribution in [0.5, 0.6) is 0 Å². The molecule has 0 fully saturated rings. The van der Waals surface area contributed by atoms with Gasteiger partial charge >= 0.3 is 6.15 Å². The van der Waals surface area contributed by atoms with Crippen molar-refractivity contribution in [2.75, 3.05) is 0 Å². The molecular weight excluding hydrogens is 148 g/mol. The summed E-state index contributed by atoms with van der Waals surface area (Å²) in [5.41, 5.74) is 1.41. The molecule has 0 saturated heterocycles. The summed E-state index contributed by atoms with van der Waals surface area (Å²) in [6.07, 6.45) is 0.250. The van der Waals surface area contributed by atoms with Gasteiger partial charge in [-0.25, -0.2) is 0 Å². The van der Waals surface area contributed by atoms with Gasteiger partial charge in [-0.2, -0.15) is 9.59 Å². The van der Waals surface area contributed by atoms with E-state index in [0.717, 1.165) is 0 Å². The lowest BCUT2D eigenvalue weighted by atomic mass is 10.3. The molecule has 0 N–H and O–H groups in total. The molecule has 0 aliphatic heterocycles. The topological polar surface area (TPSA) is 34.1 Å². The average Bonchev–Trinajstić information content (AvgIpc) is 2.19. The molecule has 2 nitrogen and oxygen atoms in total. The Bertz CT molecular complexity index is 205. The molecular formula is C7H8O2S. The van der Waals surface area contributed by atoms with Gasteiger partial charge in [-0.15, -0.1) is 11.3 Å². The second-order valence-corrected chi connectivity index (χ2v) is 2.86. The first-order valence-corrected chi connectivity index (χ1v) is 3.60. The van der Waals surface area contributed by atoms with Crippen molar-refractivity contribution in [1.29, 1.82) is 0 Å². The van der Waals surface area contributed by atoms with Gasteiger partial charge in [0.1, 0.15) is 0 Å². The third-order valence-corrected chi connectivity index (χ3v) is 2.07. The molecule has 0 spiro atoms. The summed E-state index contributed by atoms with van der Waals surface area (Å²) in [6, 6.07) is 2.14. The SMILES string of the molecule is Cc1ccsc1C.O=C=O. The highest BCUT2D eigenvalue weighted by Crippen LogP contribution is 2.12. The molecule has 0 unspecified atom stereocenters. The van der Waals surface area contributed by atoms with Gasteiger partial charge in [0.25, 0.3) is 0 Å². The molecule has 1 aromatic rings. The molecule has 0 radical (unpaired) electrons. The first-order chi connectivity index (χ1) is 4.72. The Balaban J connectivity index is 0.000000236. The third-order valence-electron chi connectivity index (χ3n) is 1.12. The van der Waals surface area contributed by atoms with E-state index in [1.54, 1.807) is 11.3 Å². The Morgan fingerprint density at radius 3 is 2.00 bits per heavy atom. The van der Waals surface area contributed by atoms with Gasteiger partial charge in [-0.3, -0.25) is 0 Å². The maximum absolute atomic E-state index is 8.12. The van der Waals surface area contributed by atoms with Crippen LogP contribution in [0.25, 0.3) is 0 Å². The van der Waals surface area contributed by atoms with E-state index in [4.69, 9.17) is 9.59 Å². The summed E-state index contributed by atoms with van der Waals surface area (Å²) >= 11 is 1.80. The number of rotatable bonds is 0. The van der Waals surface area contributed by atoms with Gasteiger partial charge in [0.2, 0.25) is 0 Å². The molecule has 1 aromatic heterocycles. The minimum atomic E-state index is 0.250. The normalized spacial score (nSPS) is 7.40. The van der Waals surface area contributed by atoms with Crippen LogP contribution in [0.1, 0.15) is 10.4 Å². The van der Waals surface area contributed by atoms with Gasteiger partial charge < -0.3 is 0 Å². The summed E-state index contributed by atoms with van der Waals surface area (Å²) in [6.45, 7) is 4.27. The van der Waals surface area contributed by atoms with Crippen molar-refractivity contribution in [2.45, 2.75) is 13.8 Å². The van der Waals surface area contributed by atoms with E-state index in [2.05, 4.69) is 25.3 Å². The van der Waals surface area contributed by atoms with E-state index >= 15 is 0 Å². The van der Waals surface area contributed by atoms with Crippen molar-refractivity contribution in [1.82, 2.24) is 0 Å². The van der Waals surface area contributed by atoms with E-state index < -0.39 is 0 Å². The maximum atomic E-state index is 8.12. The van der Waals surface area contributed by atoms with E-state index in [-0.39, 0.29) is 6.15 Å². The highest BCUT2D eigenvalue weighted by Gasteiger charge is 1.87. The van der Waals surface area contributed by atoms with Crippen LogP contribution in [0.2, 0.25) is 0 Å². The lowest BCUT2D eigenvalue weighted by Gasteiger charge is -1.79. The summed E-state index contributed by atoms with van der Waals surface area (Å²) < 4.78 is 0. The highest BCUT2D eigenvalue weighted by atomic mass is 32.1. The molecule has 0 amide bonds. The van der Waals surface area contributed by atoms with Gasteiger partial charge in [-0.1, -0.05) is 0 Å². The van der Waals surface area contributed by atoms with E-state index in [0.29, 0.717) is 0 Å². The second kappa shape index (κ2) is 4.91. The van der Waals surface area contributed by atoms with E-state index in [1.807, 2.05) is 0 Å². The zero-order chi connectivity index (χ0) is 7.98.